The number of anilines is 2. The zero-order valence-corrected chi connectivity index (χ0v) is 21.5. The molecule has 4 aromatic rings. The zero-order valence-electron chi connectivity index (χ0n) is 19.1. The fourth-order valence-electron chi connectivity index (χ4n) is 3.48. The maximum atomic E-state index is 13.8. The van der Waals surface area contributed by atoms with Gasteiger partial charge in [0.05, 0.1) is 23.5 Å². The van der Waals surface area contributed by atoms with Crippen molar-refractivity contribution in [3.63, 3.8) is 0 Å². The lowest BCUT2D eigenvalue weighted by Gasteiger charge is -2.13. The molecule has 0 aliphatic carbocycles. The maximum absolute atomic E-state index is 13.8. The summed E-state index contributed by atoms with van der Waals surface area (Å²) in [4.78, 5) is 16.8. The summed E-state index contributed by atoms with van der Waals surface area (Å²) in [7, 11) is -4.09. The van der Waals surface area contributed by atoms with Crippen LogP contribution in [0, 0.1) is 5.82 Å². The Hall–Kier alpha value is -3.26. The van der Waals surface area contributed by atoms with Crippen LogP contribution in [0.25, 0.3) is 10.9 Å². The van der Waals surface area contributed by atoms with Crippen molar-refractivity contribution in [2.75, 3.05) is 29.7 Å². The second kappa shape index (κ2) is 11.2. The summed E-state index contributed by atoms with van der Waals surface area (Å²) < 4.78 is 43.0. The molecule has 0 atom stereocenters. The number of halogens is 2. The number of carbonyl (C=O) groups excluding carboxylic acids is 1. The molecule has 0 fully saturated rings. The summed E-state index contributed by atoms with van der Waals surface area (Å²) >= 11 is 6.81. The highest BCUT2D eigenvalue weighted by atomic mass is 35.5. The van der Waals surface area contributed by atoms with E-state index in [4.69, 9.17) is 11.6 Å². The molecule has 0 saturated carbocycles. The summed E-state index contributed by atoms with van der Waals surface area (Å²) in [6, 6.07) is 8.96. The Balaban J connectivity index is 1.51. The van der Waals surface area contributed by atoms with Crippen molar-refractivity contribution in [1.82, 2.24) is 24.8 Å². The van der Waals surface area contributed by atoms with E-state index in [1.54, 1.807) is 18.2 Å². The Morgan fingerprint density at radius 2 is 2.03 bits per heavy atom. The van der Waals surface area contributed by atoms with Crippen molar-refractivity contribution in [2.24, 2.45) is 0 Å². The lowest BCUT2D eigenvalue weighted by atomic mass is 10.1. The van der Waals surface area contributed by atoms with Crippen LogP contribution in [0.4, 0.5) is 15.2 Å². The minimum absolute atomic E-state index is 0.103. The molecule has 2 heterocycles. The predicted octanol–water partition coefficient (Wildman–Crippen LogP) is 3.44. The van der Waals surface area contributed by atoms with E-state index in [0.29, 0.717) is 45.1 Å². The topological polar surface area (TPSA) is 130 Å². The second-order valence-electron chi connectivity index (χ2n) is 7.57. The first kappa shape index (κ1) is 25.8. The number of likely N-dealkylation sites (N-methyl/N-ethyl adjacent to an activating group) is 1. The Morgan fingerprint density at radius 3 is 2.78 bits per heavy atom. The van der Waals surface area contributed by atoms with Gasteiger partial charge in [0.25, 0.3) is 5.91 Å². The lowest BCUT2D eigenvalue weighted by molar-refractivity contribution is 0.0952. The number of nitrogens with zero attached hydrogens (tertiary/aromatic N) is 3. The van der Waals surface area contributed by atoms with E-state index in [1.165, 1.54) is 30.6 Å². The van der Waals surface area contributed by atoms with E-state index in [0.717, 1.165) is 22.0 Å². The number of carbonyl (C=O) groups is 1. The third-order valence-corrected chi connectivity index (χ3v) is 7.48. The highest BCUT2D eigenvalue weighted by Gasteiger charge is 2.20. The SMILES string of the molecule is CCNCCNc1cc(F)ccc1C(=O)NCc1cccc2c1cnn2S(=O)(=O)Nc1ncc(Cl)s1. The molecule has 1 amide bonds. The molecular formula is C22H23ClFN7O3S2. The highest BCUT2D eigenvalue weighted by molar-refractivity contribution is 7.91. The summed E-state index contributed by atoms with van der Waals surface area (Å²) in [5, 5.41) is 13.7. The first-order valence-corrected chi connectivity index (χ1v) is 13.5. The van der Waals surface area contributed by atoms with Gasteiger partial charge in [-0.3, -0.25) is 4.79 Å². The van der Waals surface area contributed by atoms with E-state index in [9.17, 15) is 17.6 Å². The van der Waals surface area contributed by atoms with Gasteiger partial charge in [-0.1, -0.05) is 42.0 Å². The maximum Gasteiger partial charge on any atom is 0.345 e. The van der Waals surface area contributed by atoms with Gasteiger partial charge in [0.1, 0.15) is 10.2 Å². The molecule has 0 aliphatic heterocycles. The van der Waals surface area contributed by atoms with Crippen LogP contribution in [0.5, 0.6) is 0 Å². The summed E-state index contributed by atoms with van der Waals surface area (Å²) in [5.74, 6) is -0.857. The third-order valence-electron chi connectivity index (χ3n) is 5.13. The van der Waals surface area contributed by atoms with E-state index < -0.39 is 21.9 Å². The number of hydrogen-bond acceptors (Lipinski definition) is 8. The number of nitrogens with one attached hydrogen (secondary N) is 4. The van der Waals surface area contributed by atoms with E-state index in [2.05, 4.69) is 30.8 Å². The number of hydrogen-bond donors (Lipinski definition) is 4. The van der Waals surface area contributed by atoms with Crippen LogP contribution in [0.1, 0.15) is 22.8 Å². The van der Waals surface area contributed by atoms with Crippen LogP contribution < -0.4 is 20.7 Å². The molecule has 10 nitrogen and oxygen atoms in total. The van der Waals surface area contributed by atoms with Gasteiger partial charge < -0.3 is 16.0 Å². The fourth-order valence-corrected chi connectivity index (χ4v) is 5.58. The molecule has 0 spiro atoms. The number of fused-ring (bicyclic) bond motifs is 1. The first-order valence-electron chi connectivity index (χ1n) is 10.9. The van der Waals surface area contributed by atoms with Crippen molar-refractivity contribution < 1.29 is 17.6 Å². The minimum Gasteiger partial charge on any atom is -0.383 e. The lowest BCUT2D eigenvalue weighted by Crippen LogP contribution is -2.26. The number of rotatable bonds is 11. The monoisotopic (exact) mass is 551 g/mol. The molecule has 2 aromatic carbocycles. The number of amides is 1. The van der Waals surface area contributed by atoms with Crippen LogP contribution in [-0.4, -0.2) is 48.1 Å². The molecule has 4 rings (SSSR count). The first-order chi connectivity index (χ1) is 17.3. The minimum atomic E-state index is -4.09. The van der Waals surface area contributed by atoms with Gasteiger partial charge in [-0.25, -0.2) is 14.1 Å². The highest BCUT2D eigenvalue weighted by Crippen LogP contribution is 2.25. The molecule has 0 radical (unpaired) electrons. The molecule has 0 aliphatic rings. The van der Waals surface area contributed by atoms with Crippen molar-refractivity contribution in [1.29, 1.82) is 0 Å². The molecule has 0 bridgehead atoms. The Labute approximate surface area is 216 Å². The summed E-state index contributed by atoms with van der Waals surface area (Å²) in [6.07, 6.45) is 2.76. The second-order valence-corrected chi connectivity index (χ2v) is 10.7. The average molecular weight is 552 g/mol. The van der Waals surface area contributed by atoms with Gasteiger partial charge in [0.2, 0.25) is 0 Å². The molecule has 190 valence electrons. The molecule has 0 unspecified atom stereocenters. The molecule has 0 saturated heterocycles. The normalized spacial score (nSPS) is 11.5. The summed E-state index contributed by atoms with van der Waals surface area (Å²) in [5.41, 5.74) is 1.66. The van der Waals surface area contributed by atoms with Crippen molar-refractivity contribution in [3.8, 4) is 0 Å². The fraction of sp³-hybridized carbons (Fsp3) is 0.227. The van der Waals surface area contributed by atoms with Gasteiger partial charge in [-0.05, 0) is 36.4 Å². The molecule has 4 N–H and O–H groups in total. The molecular weight excluding hydrogens is 529 g/mol. The van der Waals surface area contributed by atoms with Crippen molar-refractivity contribution in [3.05, 3.63) is 70.1 Å². The van der Waals surface area contributed by atoms with Crippen molar-refractivity contribution >= 4 is 60.8 Å². The van der Waals surface area contributed by atoms with Gasteiger partial charge in [0, 0.05) is 30.7 Å². The number of thiazole rings is 1. The van der Waals surface area contributed by atoms with E-state index in [1.807, 2.05) is 6.92 Å². The van der Waals surface area contributed by atoms with Crippen molar-refractivity contribution in [2.45, 2.75) is 13.5 Å². The average Bonchev–Trinajstić information content (AvgIpc) is 3.46. The van der Waals surface area contributed by atoms with Gasteiger partial charge in [0.15, 0.2) is 5.13 Å². The Bertz CT molecular complexity index is 1490. The Kier molecular flexibility index (Phi) is 8.04. The third kappa shape index (κ3) is 5.93. The van der Waals surface area contributed by atoms with Gasteiger partial charge >= 0.3 is 10.2 Å². The van der Waals surface area contributed by atoms with E-state index >= 15 is 0 Å². The Morgan fingerprint density at radius 1 is 1.19 bits per heavy atom. The standard InChI is InChI=1S/C22H23ClFN7O3S2/c1-2-25-8-9-26-18-10-15(24)6-7-16(18)21(32)27-11-14-4-3-5-19-17(14)12-29-31(19)36(33,34)30-22-28-13-20(23)35-22/h3-7,10,12-13,25-26H,2,8-9,11H2,1H3,(H,27,32)(H,28,30). The number of benzene rings is 2. The zero-order chi connectivity index (χ0) is 25.7. The van der Waals surface area contributed by atoms with Gasteiger partial charge in [-0.15, -0.1) is 4.09 Å². The van der Waals surface area contributed by atoms with E-state index in [-0.39, 0.29) is 11.7 Å². The van der Waals surface area contributed by atoms with Crippen LogP contribution in [0.2, 0.25) is 4.34 Å². The van der Waals surface area contributed by atoms with Crippen LogP contribution in [0.3, 0.4) is 0 Å². The van der Waals surface area contributed by atoms with Crippen LogP contribution in [0.15, 0.2) is 48.8 Å². The molecule has 36 heavy (non-hydrogen) atoms. The largest absolute Gasteiger partial charge is 0.383 e. The predicted molar refractivity (Wildman–Crippen MR) is 139 cm³/mol. The van der Waals surface area contributed by atoms with Crippen LogP contribution in [-0.2, 0) is 16.8 Å². The quantitative estimate of drug-likeness (QED) is 0.210. The summed E-state index contributed by atoms with van der Waals surface area (Å²) in [6.45, 7) is 4.07. The number of aromatic nitrogens is 3. The van der Waals surface area contributed by atoms with Gasteiger partial charge in [-0.2, -0.15) is 13.5 Å². The molecule has 14 heteroatoms. The van der Waals surface area contributed by atoms with Crippen LogP contribution >= 0.6 is 22.9 Å². The smallest absolute Gasteiger partial charge is 0.345 e. The molecule has 2 aromatic heterocycles.